The minimum absolute atomic E-state index is 0.176. The van der Waals surface area contributed by atoms with E-state index < -0.39 is 0 Å². The Kier molecular flexibility index (Phi) is 4.52. The summed E-state index contributed by atoms with van der Waals surface area (Å²) in [6.45, 7) is 5.30. The van der Waals surface area contributed by atoms with Gasteiger partial charge in [-0.3, -0.25) is 4.79 Å². The van der Waals surface area contributed by atoms with Crippen molar-refractivity contribution in [2.75, 3.05) is 19.3 Å². The van der Waals surface area contributed by atoms with Crippen LogP contribution in [-0.2, 0) is 4.79 Å². The fraction of sp³-hybridized carbons (Fsp3) is 0.857. The van der Waals surface area contributed by atoms with Crippen LogP contribution in [0.5, 0.6) is 0 Å². The van der Waals surface area contributed by atoms with Crippen LogP contribution in [-0.4, -0.2) is 30.0 Å². The first kappa shape index (κ1) is 10.8. The molecule has 4 heteroatoms. The van der Waals surface area contributed by atoms with Crippen LogP contribution < -0.4 is 11.1 Å². The lowest BCUT2D eigenvalue weighted by molar-refractivity contribution is -0.117. The summed E-state index contributed by atoms with van der Waals surface area (Å²) in [5, 5.41) is 2.98. The van der Waals surface area contributed by atoms with E-state index >= 15 is 0 Å². The molecule has 66 valence electrons. The molecule has 0 spiro atoms. The number of carbonyl (C=O) groups is 1. The highest BCUT2D eigenvalue weighted by molar-refractivity contribution is 7.99. The summed E-state index contributed by atoms with van der Waals surface area (Å²) in [5.41, 5.74) is 4.96. The molecule has 0 unspecified atom stereocenters. The number of rotatable bonds is 5. The van der Waals surface area contributed by atoms with E-state index in [0.29, 0.717) is 0 Å². The maximum atomic E-state index is 10.3. The zero-order valence-electron chi connectivity index (χ0n) is 7.31. The van der Waals surface area contributed by atoms with E-state index in [0.717, 1.165) is 6.54 Å². The lowest BCUT2D eigenvalue weighted by atomic mass is 10.2. The summed E-state index contributed by atoms with van der Waals surface area (Å²) in [5.74, 6) is -0.304. The third-order valence-corrected chi connectivity index (χ3v) is 2.65. The first-order chi connectivity index (χ1) is 4.98. The molecule has 0 saturated carbocycles. The molecule has 0 heterocycles. The highest BCUT2D eigenvalue weighted by Crippen LogP contribution is 2.19. The molecule has 0 fully saturated rings. The number of hydrogen-bond donors (Lipinski definition) is 2. The summed E-state index contributed by atoms with van der Waals surface area (Å²) in [7, 11) is 0. The first-order valence-electron chi connectivity index (χ1n) is 3.52. The number of thioether (sulfide) groups is 1. The summed E-state index contributed by atoms with van der Waals surface area (Å²) in [6, 6.07) is 0. The van der Waals surface area contributed by atoms with Crippen LogP contribution in [0.15, 0.2) is 0 Å². The number of nitrogens with two attached hydrogens (primary N) is 1. The molecule has 1 amide bonds. The van der Waals surface area contributed by atoms with Crippen molar-refractivity contribution in [2.24, 2.45) is 5.73 Å². The van der Waals surface area contributed by atoms with Crippen molar-refractivity contribution in [2.45, 2.75) is 18.6 Å². The van der Waals surface area contributed by atoms with Gasteiger partial charge in [0, 0.05) is 11.3 Å². The minimum Gasteiger partial charge on any atom is -0.369 e. The molecule has 0 aliphatic carbocycles. The highest BCUT2D eigenvalue weighted by Gasteiger charge is 2.14. The van der Waals surface area contributed by atoms with Gasteiger partial charge in [-0.1, -0.05) is 0 Å². The molecule has 0 aliphatic heterocycles. The third-order valence-electron chi connectivity index (χ3n) is 1.40. The van der Waals surface area contributed by atoms with E-state index in [1.165, 1.54) is 0 Å². The van der Waals surface area contributed by atoms with Gasteiger partial charge in [-0.05, 0) is 20.1 Å². The zero-order valence-corrected chi connectivity index (χ0v) is 8.12. The van der Waals surface area contributed by atoms with E-state index in [2.05, 4.69) is 19.2 Å². The van der Waals surface area contributed by atoms with Gasteiger partial charge in [-0.25, -0.2) is 0 Å². The van der Waals surface area contributed by atoms with Crippen molar-refractivity contribution in [3.63, 3.8) is 0 Å². The standard InChI is InChI=1S/C7H16N2OS/c1-7(2,11-3)5-9-4-6(8)10/h9H,4-5H2,1-3H3,(H2,8,10). The van der Waals surface area contributed by atoms with Crippen LogP contribution in [0.4, 0.5) is 0 Å². The number of hydrogen-bond acceptors (Lipinski definition) is 3. The molecule has 11 heavy (non-hydrogen) atoms. The first-order valence-corrected chi connectivity index (χ1v) is 4.74. The van der Waals surface area contributed by atoms with Gasteiger partial charge in [0.05, 0.1) is 6.54 Å². The number of nitrogens with one attached hydrogen (secondary N) is 1. The van der Waals surface area contributed by atoms with Crippen LogP contribution in [0.2, 0.25) is 0 Å². The lowest BCUT2D eigenvalue weighted by Gasteiger charge is -2.21. The van der Waals surface area contributed by atoms with E-state index in [-0.39, 0.29) is 17.2 Å². The molecule has 3 nitrogen and oxygen atoms in total. The molecule has 0 saturated heterocycles. The Labute approximate surface area is 72.1 Å². The Bertz CT molecular complexity index is 136. The van der Waals surface area contributed by atoms with Crippen molar-refractivity contribution in [3.05, 3.63) is 0 Å². The molecule has 0 rings (SSSR count). The molecular weight excluding hydrogens is 160 g/mol. The van der Waals surface area contributed by atoms with Gasteiger partial charge in [0.15, 0.2) is 0 Å². The molecule has 0 bridgehead atoms. The van der Waals surface area contributed by atoms with Crippen LogP contribution in [0.1, 0.15) is 13.8 Å². The maximum absolute atomic E-state index is 10.3. The number of amides is 1. The molecular formula is C7H16N2OS. The summed E-state index contributed by atoms with van der Waals surface area (Å²) in [6.07, 6.45) is 2.05. The second-order valence-corrected chi connectivity index (χ2v) is 4.55. The van der Waals surface area contributed by atoms with Crippen LogP contribution in [0, 0.1) is 0 Å². The molecule has 3 N–H and O–H groups in total. The van der Waals surface area contributed by atoms with Gasteiger partial charge >= 0.3 is 0 Å². The maximum Gasteiger partial charge on any atom is 0.231 e. The Morgan fingerprint density at radius 3 is 2.55 bits per heavy atom. The predicted molar refractivity (Wildman–Crippen MR) is 49.7 cm³/mol. The van der Waals surface area contributed by atoms with Crippen molar-refractivity contribution in [1.82, 2.24) is 5.32 Å². The second-order valence-electron chi connectivity index (χ2n) is 3.03. The topological polar surface area (TPSA) is 55.1 Å². The molecule has 0 aromatic rings. The fourth-order valence-corrected chi connectivity index (χ4v) is 0.805. The SMILES string of the molecule is CSC(C)(C)CNCC(N)=O. The van der Waals surface area contributed by atoms with Gasteiger partial charge in [0.25, 0.3) is 0 Å². The Morgan fingerprint density at radius 2 is 2.18 bits per heavy atom. The van der Waals surface area contributed by atoms with Crippen molar-refractivity contribution >= 4 is 17.7 Å². The molecule has 0 aromatic heterocycles. The van der Waals surface area contributed by atoms with Gasteiger partial charge in [0.1, 0.15) is 0 Å². The van der Waals surface area contributed by atoms with Crippen molar-refractivity contribution < 1.29 is 4.79 Å². The average Bonchev–Trinajstić information content (AvgIpc) is 1.87. The van der Waals surface area contributed by atoms with Gasteiger partial charge < -0.3 is 11.1 Å². The lowest BCUT2D eigenvalue weighted by Crippen LogP contribution is -2.37. The Balaban J connectivity index is 3.45. The molecule has 0 aromatic carbocycles. The van der Waals surface area contributed by atoms with Gasteiger partial charge in [0.2, 0.25) is 5.91 Å². The quantitative estimate of drug-likeness (QED) is 0.629. The largest absolute Gasteiger partial charge is 0.369 e. The van der Waals surface area contributed by atoms with Crippen LogP contribution in [0.25, 0.3) is 0 Å². The summed E-state index contributed by atoms with van der Waals surface area (Å²) < 4.78 is 0.176. The van der Waals surface area contributed by atoms with Crippen LogP contribution in [0.3, 0.4) is 0 Å². The van der Waals surface area contributed by atoms with E-state index in [9.17, 15) is 4.79 Å². The third kappa shape index (κ3) is 6.19. The number of primary amides is 1. The van der Waals surface area contributed by atoms with E-state index in [1.54, 1.807) is 11.8 Å². The molecule has 0 aliphatic rings. The predicted octanol–water partition coefficient (Wildman–Crippen LogP) is 0.203. The monoisotopic (exact) mass is 176 g/mol. The second kappa shape index (κ2) is 4.62. The van der Waals surface area contributed by atoms with Gasteiger partial charge in [-0.15, -0.1) is 0 Å². The highest BCUT2D eigenvalue weighted by atomic mass is 32.2. The Morgan fingerprint density at radius 1 is 1.64 bits per heavy atom. The molecule has 0 radical (unpaired) electrons. The fourth-order valence-electron chi connectivity index (χ4n) is 0.559. The van der Waals surface area contributed by atoms with Crippen LogP contribution >= 0.6 is 11.8 Å². The van der Waals surface area contributed by atoms with Crippen molar-refractivity contribution in [1.29, 1.82) is 0 Å². The smallest absolute Gasteiger partial charge is 0.231 e. The van der Waals surface area contributed by atoms with E-state index in [4.69, 9.17) is 5.73 Å². The Hall–Kier alpha value is -0.220. The normalized spacial score (nSPS) is 11.5. The van der Waals surface area contributed by atoms with Crippen molar-refractivity contribution in [3.8, 4) is 0 Å². The van der Waals surface area contributed by atoms with Gasteiger partial charge in [-0.2, -0.15) is 11.8 Å². The summed E-state index contributed by atoms with van der Waals surface area (Å²) in [4.78, 5) is 10.3. The van der Waals surface area contributed by atoms with E-state index in [1.807, 2.05) is 6.26 Å². The summed E-state index contributed by atoms with van der Waals surface area (Å²) >= 11 is 1.76. The minimum atomic E-state index is -0.304. The zero-order chi connectivity index (χ0) is 8.91. The molecule has 0 atom stereocenters. The average molecular weight is 176 g/mol. The number of carbonyl (C=O) groups excluding carboxylic acids is 1.